The van der Waals surface area contributed by atoms with Crippen molar-refractivity contribution in [2.24, 2.45) is 0 Å². The largest absolute Gasteiger partial charge is 0.455 e. The molecule has 3 aromatic heterocycles. The van der Waals surface area contributed by atoms with E-state index in [1.165, 1.54) is 37.9 Å². The minimum Gasteiger partial charge on any atom is -0.455 e. The Balaban J connectivity index is 1.01. The van der Waals surface area contributed by atoms with Crippen LogP contribution in [-0.4, -0.2) is 4.57 Å². The average molecular weight is 919 g/mol. The normalized spacial score (nSPS) is 11.9. The number of para-hydroxylation sites is 4. The number of anilines is 3. The quantitative estimate of drug-likeness (QED) is 0.160. The Morgan fingerprint density at radius 3 is 1.56 bits per heavy atom. The first kappa shape index (κ1) is 40.3. The van der Waals surface area contributed by atoms with E-state index in [1.54, 1.807) is 0 Å². The molecular formula is C68H42N2O2. The summed E-state index contributed by atoms with van der Waals surface area (Å²) in [5.74, 6) is 0. The molecule has 15 aromatic rings. The highest BCUT2D eigenvalue weighted by Gasteiger charge is 2.28. The summed E-state index contributed by atoms with van der Waals surface area (Å²) in [4.78, 5) is 2.43. The van der Waals surface area contributed by atoms with Crippen LogP contribution in [-0.2, 0) is 0 Å². The van der Waals surface area contributed by atoms with E-state index in [-0.39, 0.29) is 0 Å². The Morgan fingerprint density at radius 2 is 0.833 bits per heavy atom. The molecule has 336 valence electrons. The molecular weight excluding hydrogens is 877 g/mol. The number of aromatic nitrogens is 1. The van der Waals surface area contributed by atoms with E-state index in [4.69, 9.17) is 8.83 Å². The Labute approximate surface area is 414 Å². The third-order valence-electron chi connectivity index (χ3n) is 14.8. The maximum absolute atomic E-state index is 7.17. The zero-order valence-corrected chi connectivity index (χ0v) is 39.0. The third-order valence-corrected chi connectivity index (χ3v) is 14.8. The lowest BCUT2D eigenvalue weighted by atomic mass is 9.94. The fraction of sp³-hybridized carbons (Fsp3) is 0. The second-order valence-electron chi connectivity index (χ2n) is 18.7. The lowest BCUT2D eigenvalue weighted by Crippen LogP contribution is -2.11. The number of benzene rings is 12. The molecule has 0 saturated heterocycles. The minimum absolute atomic E-state index is 0.830. The smallest absolute Gasteiger partial charge is 0.145 e. The van der Waals surface area contributed by atoms with Gasteiger partial charge >= 0.3 is 0 Å². The Morgan fingerprint density at radius 1 is 0.306 bits per heavy atom. The summed E-state index contributed by atoms with van der Waals surface area (Å²) >= 11 is 0. The number of hydrogen-bond donors (Lipinski definition) is 0. The first-order valence-corrected chi connectivity index (χ1v) is 24.6. The van der Waals surface area contributed by atoms with Crippen molar-refractivity contribution >= 4 is 104 Å². The van der Waals surface area contributed by atoms with Crippen molar-refractivity contribution in [3.05, 3.63) is 255 Å². The van der Waals surface area contributed by atoms with Crippen molar-refractivity contribution in [1.82, 2.24) is 4.57 Å². The van der Waals surface area contributed by atoms with Gasteiger partial charge in [-0.05, 0) is 123 Å². The van der Waals surface area contributed by atoms with E-state index in [0.29, 0.717) is 0 Å². The molecule has 12 aromatic carbocycles. The molecule has 0 spiro atoms. The summed E-state index contributed by atoms with van der Waals surface area (Å²) in [7, 11) is 0. The van der Waals surface area contributed by atoms with E-state index < -0.39 is 0 Å². The van der Waals surface area contributed by atoms with Crippen LogP contribution in [0.2, 0.25) is 0 Å². The summed E-state index contributed by atoms with van der Waals surface area (Å²) in [6.45, 7) is 0. The van der Waals surface area contributed by atoms with Gasteiger partial charge in [0.2, 0.25) is 0 Å². The molecule has 0 saturated carbocycles. The number of furan rings is 2. The summed E-state index contributed by atoms with van der Waals surface area (Å²) < 4.78 is 16.6. The lowest BCUT2D eigenvalue weighted by Gasteiger charge is -2.28. The first-order valence-electron chi connectivity index (χ1n) is 24.6. The Bertz CT molecular complexity index is 4630. The zero-order valence-electron chi connectivity index (χ0n) is 39.0. The lowest BCUT2D eigenvalue weighted by molar-refractivity contribution is 0.670. The summed E-state index contributed by atoms with van der Waals surface area (Å²) in [6, 6.07) is 91.5. The van der Waals surface area contributed by atoms with Gasteiger partial charge in [-0.3, -0.25) is 0 Å². The highest BCUT2D eigenvalue weighted by Crippen LogP contribution is 2.52. The van der Waals surface area contributed by atoms with Crippen LogP contribution in [0.25, 0.3) is 126 Å². The molecule has 15 rings (SSSR count). The molecule has 0 aliphatic heterocycles. The molecule has 0 aliphatic rings. The second-order valence-corrected chi connectivity index (χ2v) is 18.7. The SMILES string of the molecule is c1ccc(-n2c3ccccc3c3c(-c4ccc(N(c5ccc(-c6ccc7ccccc7c6)cc5)c5ccc(-c6cccc7ccccc67)c6oc7ccccc7c56)c5c4oc4ccccc45)cccc32)cc1. The molecule has 0 atom stereocenters. The fourth-order valence-corrected chi connectivity index (χ4v) is 11.6. The predicted octanol–water partition coefficient (Wildman–Crippen LogP) is 19.4. The topological polar surface area (TPSA) is 34.5 Å². The Hall–Kier alpha value is -9.64. The minimum atomic E-state index is 0.830. The van der Waals surface area contributed by atoms with Crippen LogP contribution >= 0.6 is 0 Å². The number of fused-ring (bicyclic) bond motifs is 11. The molecule has 0 unspecified atom stereocenters. The van der Waals surface area contributed by atoms with Crippen molar-refractivity contribution in [2.75, 3.05) is 4.90 Å². The van der Waals surface area contributed by atoms with Crippen LogP contribution in [0.15, 0.2) is 264 Å². The van der Waals surface area contributed by atoms with Crippen LogP contribution in [0.3, 0.4) is 0 Å². The van der Waals surface area contributed by atoms with E-state index in [9.17, 15) is 0 Å². The molecule has 3 heterocycles. The Kier molecular flexibility index (Phi) is 8.92. The second kappa shape index (κ2) is 16.0. The predicted molar refractivity (Wildman–Crippen MR) is 301 cm³/mol. The van der Waals surface area contributed by atoms with Gasteiger partial charge in [0.1, 0.15) is 22.3 Å². The van der Waals surface area contributed by atoms with E-state index in [1.807, 2.05) is 0 Å². The molecule has 72 heavy (non-hydrogen) atoms. The monoisotopic (exact) mass is 918 g/mol. The van der Waals surface area contributed by atoms with Crippen LogP contribution in [0, 0.1) is 0 Å². The maximum Gasteiger partial charge on any atom is 0.145 e. The maximum atomic E-state index is 7.17. The summed E-state index contributed by atoms with van der Waals surface area (Å²) in [6.07, 6.45) is 0. The van der Waals surface area contributed by atoms with Crippen molar-refractivity contribution in [3.63, 3.8) is 0 Å². The molecule has 0 bridgehead atoms. The number of rotatable bonds is 7. The standard InChI is InChI=1S/C68H42N2O2/c1-2-20-48(21-3-1)69-58-28-11-8-23-55(58)64-52(27-15-29-59(64)69)54-39-41-61(66-57-25-10-13-31-63(57)72-68(54)66)70(49-36-34-44(35-37-49)47-33-32-43-16-4-5-18-46(43)42-47)60-40-38-53(51-26-14-19-45-17-6-7-22-50(45)51)67-65(60)56-24-9-12-30-62(56)71-67/h1-42H. The molecule has 0 aliphatic carbocycles. The third kappa shape index (κ3) is 6.12. The van der Waals surface area contributed by atoms with Gasteiger partial charge in [-0.25, -0.2) is 0 Å². The molecule has 0 fully saturated rings. The molecule has 4 heteroatoms. The fourth-order valence-electron chi connectivity index (χ4n) is 11.6. The summed E-state index contributed by atoms with van der Waals surface area (Å²) in [5, 5.41) is 11.3. The molecule has 0 radical (unpaired) electrons. The van der Waals surface area contributed by atoms with Crippen molar-refractivity contribution in [2.45, 2.75) is 0 Å². The molecule has 4 nitrogen and oxygen atoms in total. The van der Waals surface area contributed by atoms with Crippen LogP contribution in [0.5, 0.6) is 0 Å². The number of nitrogens with zero attached hydrogens (tertiary/aromatic N) is 2. The van der Waals surface area contributed by atoms with Gasteiger partial charge in [0, 0.05) is 44.0 Å². The van der Waals surface area contributed by atoms with Crippen molar-refractivity contribution in [3.8, 4) is 39.1 Å². The van der Waals surface area contributed by atoms with Crippen molar-refractivity contribution < 1.29 is 8.83 Å². The van der Waals surface area contributed by atoms with Gasteiger partial charge in [0.05, 0.1) is 33.2 Å². The van der Waals surface area contributed by atoms with Gasteiger partial charge in [0.15, 0.2) is 0 Å². The zero-order chi connectivity index (χ0) is 47.3. The molecule has 0 N–H and O–H groups in total. The van der Waals surface area contributed by atoms with Gasteiger partial charge in [0.25, 0.3) is 0 Å². The summed E-state index contributed by atoms with van der Waals surface area (Å²) in [5.41, 5.74) is 16.4. The molecule has 0 amide bonds. The van der Waals surface area contributed by atoms with Crippen LogP contribution in [0.1, 0.15) is 0 Å². The van der Waals surface area contributed by atoms with E-state index >= 15 is 0 Å². The van der Waals surface area contributed by atoms with E-state index in [0.717, 1.165) is 105 Å². The highest BCUT2D eigenvalue weighted by molar-refractivity contribution is 6.24. The van der Waals surface area contributed by atoms with Crippen molar-refractivity contribution in [1.29, 1.82) is 0 Å². The van der Waals surface area contributed by atoms with Crippen LogP contribution in [0.4, 0.5) is 17.1 Å². The van der Waals surface area contributed by atoms with Gasteiger partial charge in [-0.15, -0.1) is 0 Å². The van der Waals surface area contributed by atoms with Gasteiger partial charge in [-0.2, -0.15) is 0 Å². The highest BCUT2D eigenvalue weighted by atomic mass is 16.3. The van der Waals surface area contributed by atoms with Crippen LogP contribution < -0.4 is 4.90 Å². The van der Waals surface area contributed by atoms with Gasteiger partial charge in [-0.1, -0.05) is 176 Å². The first-order chi connectivity index (χ1) is 35.7. The number of hydrogen-bond acceptors (Lipinski definition) is 3. The van der Waals surface area contributed by atoms with E-state index in [2.05, 4.69) is 264 Å². The van der Waals surface area contributed by atoms with Gasteiger partial charge < -0.3 is 18.3 Å². The average Bonchev–Trinajstić information content (AvgIpc) is 4.14.